The minimum atomic E-state index is -0.843. The molecule has 2 aliphatic rings. The molecule has 0 bridgehead atoms. The van der Waals surface area contributed by atoms with Crippen LogP contribution in [-0.2, 0) is 19.2 Å². The Labute approximate surface area is 236 Å². The Morgan fingerprint density at radius 3 is 1.26 bits per heavy atom. The molecule has 0 atom stereocenters. The molecule has 2 aliphatic heterocycles. The summed E-state index contributed by atoms with van der Waals surface area (Å²) >= 11 is 24.5. The molecule has 4 amide bonds. The van der Waals surface area contributed by atoms with Crippen molar-refractivity contribution in [3.8, 4) is 0 Å². The first kappa shape index (κ1) is 25.8. The number of halogens is 4. The van der Waals surface area contributed by atoms with Gasteiger partial charge in [-0.2, -0.15) is 0 Å². The number of para-hydroxylation sites is 2. The van der Waals surface area contributed by atoms with Crippen LogP contribution in [0.3, 0.4) is 0 Å². The fourth-order valence-corrected chi connectivity index (χ4v) is 4.73. The zero-order chi connectivity index (χ0) is 27.1. The molecule has 12 heteroatoms. The normalized spacial score (nSPS) is 15.8. The number of carbonyl (C=O) groups excluding carboxylic acids is 4. The minimum Gasteiger partial charge on any atom is -0.350 e. The molecule has 0 unspecified atom stereocenters. The number of benzene rings is 3. The summed E-state index contributed by atoms with van der Waals surface area (Å²) in [6.45, 7) is 0. The van der Waals surface area contributed by atoms with Crippen molar-refractivity contribution in [2.45, 2.75) is 0 Å². The van der Waals surface area contributed by atoms with Gasteiger partial charge in [0.15, 0.2) is 0 Å². The zero-order valence-corrected chi connectivity index (χ0v) is 22.0. The SMILES string of the molecule is O=C1C(Cl)=C(Nc2cccc(Cl)c2)C(=O)N1c1ccccc1N1C(=O)C(Cl)=C(Nc2cccc(Cl)c2)C1=O. The van der Waals surface area contributed by atoms with Crippen molar-refractivity contribution in [3.63, 3.8) is 0 Å². The fraction of sp³-hybridized carbons (Fsp3) is 0. The minimum absolute atomic E-state index is 0.0429. The van der Waals surface area contributed by atoms with Crippen LogP contribution < -0.4 is 20.4 Å². The summed E-state index contributed by atoms with van der Waals surface area (Å²) in [5.74, 6) is -3.26. The molecule has 38 heavy (non-hydrogen) atoms. The number of nitrogens with one attached hydrogen (secondary N) is 2. The number of anilines is 4. The number of hydrogen-bond donors (Lipinski definition) is 2. The molecular weight excluding hydrogens is 574 g/mol. The van der Waals surface area contributed by atoms with E-state index >= 15 is 0 Å². The molecule has 5 rings (SSSR count). The fourth-order valence-electron chi connectivity index (χ4n) is 3.92. The van der Waals surface area contributed by atoms with Gasteiger partial charge >= 0.3 is 0 Å². The Hall–Kier alpha value is -3.82. The van der Waals surface area contributed by atoms with Crippen LogP contribution in [-0.4, -0.2) is 23.6 Å². The first-order valence-electron chi connectivity index (χ1n) is 10.9. The van der Waals surface area contributed by atoms with Crippen LogP contribution in [0.4, 0.5) is 22.7 Å². The summed E-state index contributed by atoms with van der Waals surface area (Å²) in [4.78, 5) is 54.5. The maximum absolute atomic E-state index is 13.4. The van der Waals surface area contributed by atoms with Crippen LogP contribution in [0, 0.1) is 0 Å². The summed E-state index contributed by atoms with van der Waals surface area (Å²) in [7, 11) is 0. The van der Waals surface area contributed by atoms with Gasteiger partial charge in [-0.05, 0) is 48.5 Å². The molecule has 0 saturated carbocycles. The molecule has 190 valence electrons. The summed E-state index contributed by atoms with van der Waals surface area (Å²) in [5.41, 5.74) is 0.399. The Kier molecular flexibility index (Phi) is 6.90. The Morgan fingerprint density at radius 2 is 0.895 bits per heavy atom. The quantitative estimate of drug-likeness (QED) is 0.350. The van der Waals surface area contributed by atoms with E-state index in [1.807, 2.05) is 0 Å². The van der Waals surface area contributed by atoms with Crippen LogP contribution in [0.15, 0.2) is 94.3 Å². The second-order valence-corrected chi connectivity index (χ2v) is 9.66. The van der Waals surface area contributed by atoms with Gasteiger partial charge in [0, 0.05) is 21.4 Å². The second-order valence-electron chi connectivity index (χ2n) is 8.03. The third kappa shape index (κ3) is 4.52. The van der Waals surface area contributed by atoms with Crippen molar-refractivity contribution < 1.29 is 19.2 Å². The van der Waals surface area contributed by atoms with Gasteiger partial charge < -0.3 is 10.6 Å². The molecule has 2 heterocycles. The Morgan fingerprint density at radius 1 is 0.500 bits per heavy atom. The first-order chi connectivity index (χ1) is 18.2. The number of imide groups is 2. The molecule has 0 radical (unpaired) electrons. The molecule has 0 spiro atoms. The monoisotopic (exact) mass is 586 g/mol. The number of amides is 4. The molecule has 8 nitrogen and oxygen atoms in total. The third-order valence-corrected chi connectivity index (χ3v) is 6.78. The van der Waals surface area contributed by atoms with Crippen LogP contribution in [0.25, 0.3) is 0 Å². The number of carbonyl (C=O) groups is 4. The maximum Gasteiger partial charge on any atom is 0.283 e. The highest BCUT2D eigenvalue weighted by atomic mass is 35.5. The van der Waals surface area contributed by atoms with E-state index in [4.69, 9.17) is 46.4 Å². The predicted octanol–water partition coefficient (Wildman–Crippen LogP) is 5.86. The van der Waals surface area contributed by atoms with Gasteiger partial charge in [0.2, 0.25) is 0 Å². The summed E-state index contributed by atoms with van der Waals surface area (Å²) < 4.78 is 0. The van der Waals surface area contributed by atoms with Crippen molar-refractivity contribution in [1.29, 1.82) is 0 Å². The highest BCUT2D eigenvalue weighted by Gasteiger charge is 2.44. The lowest BCUT2D eigenvalue weighted by molar-refractivity contribution is -0.122. The lowest BCUT2D eigenvalue weighted by atomic mass is 10.2. The third-order valence-electron chi connectivity index (χ3n) is 5.61. The molecule has 0 saturated heterocycles. The molecular formula is C26H14Cl4N4O4. The van der Waals surface area contributed by atoms with E-state index in [1.165, 1.54) is 12.1 Å². The second kappa shape index (κ2) is 10.2. The lowest BCUT2D eigenvalue weighted by Gasteiger charge is -2.23. The van der Waals surface area contributed by atoms with Gasteiger partial charge in [-0.15, -0.1) is 0 Å². The Balaban J connectivity index is 1.47. The number of rotatable bonds is 6. The molecule has 0 aromatic heterocycles. The topological polar surface area (TPSA) is 98.8 Å². The highest BCUT2D eigenvalue weighted by Crippen LogP contribution is 2.39. The summed E-state index contributed by atoms with van der Waals surface area (Å²) in [6, 6.07) is 18.9. The van der Waals surface area contributed by atoms with Crippen molar-refractivity contribution >= 4 is 92.8 Å². The summed E-state index contributed by atoms with van der Waals surface area (Å²) in [5, 5.41) is 5.70. The predicted molar refractivity (Wildman–Crippen MR) is 147 cm³/mol. The van der Waals surface area contributed by atoms with Gasteiger partial charge in [0.1, 0.15) is 21.5 Å². The van der Waals surface area contributed by atoms with E-state index in [2.05, 4.69) is 10.6 Å². The van der Waals surface area contributed by atoms with Gasteiger partial charge in [0.05, 0.1) is 11.4 Å². The van der Waals surface area contributed by atoms with Crippen LogP contribution in [0.5, 0.6) is 0 Å². The Bertz CT molecular complexity index is 1500. The smallest absolute Gasteiger partial charge is 0.283 e. The first-order valence-corrected chi connectivity index (χ1v) is 12.4. The van der Waals surface area contributed by atoms with Gasteiger partial charge in [-0.3, -0.25) is 19.2 Å². The molecule has 0 aliphatic carbocycles. The molecule has 0 fully saturated rings. The van der Waals surface area contributed by atoms with Crippen LogP contribution in [0.1, 0.15) is 0 Å². The van der Waals surface area contributed by atoms with Crippen molar-refractivity contribution in [2.75, 3.05) is 20.4 Å². The number of hydrogen-bond acceptors (Lipinski definition) is 6. The summed E-state index contributed by atoms with van der Waals surface area (Å²) in [6.07, 6.45) is 0. The zero-order valence-electron chi connectivity index (χ0n) is 19.0. The molecule has 3 aromatic carbocycles. The largest absolute Gasteiger partial charge is 0.350 e. The van der Waals surface area contributed by atoms with Gasteiger partial charge in [-0.1, -0.05) is 70.7 Å². The maximum atomic E-state index is 13.4. The van der Waals surface area contributed by atoms with E-state index in [0.717, 1.165) is 9.80 Å². The highest BCUT2D eigenvalue weighted by molar-refractivity contribution is 6.55. The van der Waals surface area contributed by atoms with E-state index < -0.39 is 23.6 Å². The van der Waals surface area contributed by atoms with E-state index in [0.29, 0.717) is 21.4 Å². The lowest BCUT2D eigenvalue weighted by Crippen LogP contribution is -2.37. The van der Waals surface area contributed by atoms with Gasteiger partial charge in [0.25, 0.3) is 23.6 Å². The van der Waals surface area contributed by atoms with Crippen LogP contribution >= 0.6 is 46.4 Å². The van der Waals surface area contributed by atoms with E-state index in [1.54, 1.807) is 60.7 Å². The van der Waals surface area contributed by atoms with Crippen LogP contribution in [0.2, 0.25) is 10.0 Å². The van der Waals surface area contributed by atoms with E-state index in [-0.39, 0.29) is 32.8 Å². The average molecular weight is 588 g/mol. The van der Waals surface area contributed by atoms with Crippen molar-refractivity contribution in [2.24, 2.45) is 0 Å². The van der Waals surface area contributed by atoms with Crippen molar-refractivity contribution in [1.82, 2.24) is 0 Å². The number of nitrogens with zero attached hydrogens (tertiary/aromatic N) is 2. The van der Waals surface area contributed by atoms with E-state index in [9.17, 15) is 19.2 Å². The molecule has 2 N–H and O–H groups in total. The molecule has 3 aromatic rings. The van der Waals surface area contributed by atoms with Gasteiger partial charge in [-0.25, -0.2) is 9.80 Å². The standard InChI is InChI=1S/C26H14Cl4N4O4/c27-13-5-3-7-15(11-13)31-21-19(29)23(35)33(25(21)37)17-9-1-2-10-18(17)34-24(36)20(30)22(26(34)38)32-16-8-4-6-14(28)12-16/h1-12,31-32H. The van der Waals surface area contributed by atoms with Crippen molar-refractivity contribution in [3.05, 3.63) is 104 Å². The average Bonchev–Trinajstić information content (AvgIpc) is 3.22.